The Morgan fingerprint density at radius 1 is 1.67 bits per heavy atom. The third-order valence-electron chi connectivity index (χ3n) is 2.13. The lowest BCUT2D eigenvalue weighted by Crippen LogP contribution is -2.30. The summed E-state index contributed by atoms with van der Waals surface area (Å²) in [5, 5.41) is 9.36. The van der Waals surface area contributed by atoms with E-state index in [1.807, 2.05) is 13.0 Å². The molecule has 1 aromatic rings. The zero-order valence-electron chi connectivity index (χ0n) is 8.27. The molecule has 0 atom stereocenters. The zero-order chi connectivity index (χ0) is 10.8. The molecule has 1 aliphatic rings. The van der Waals surface area contributed by atoms with E-state index >= 15 is 0 Å². The predicted molar refractivity (Wildman–Crippen MR) is 56.4 cm³/mol. The number of pyridine rings is 1. The van der Waals surface area contributed by atoms with Gasteiger partial charge in [0.1, 0.15) is 0 Å². The van der Waals surface area contributed by atoms with Gasteiger partial charge in [0.25, 0.3) is 0 Å². The van der Waals surface area contributed by atoms with Gasteiger partial charge in [-0.25, -0.2) is 4.79 Å². The van der Waals surface area contributed by atoms with Gasteiger partial charge in [0, 0.05) is 16.8 Å². The molecule has 5 heteroatoms. The van der Waals surface area contributed by atoms with Crippen molar-refractivity contribution in [1.82, 2.24) is 4.98 Å². The summed E-state index contributed by atoms with van der Waals surface area (Å²) >= 11 is 1.55. The Kier molecular flexibility index (Phi) is 2.93. The van der Waals surface area contributed by atoms with Gasteiger partial charge in [-0.1, -0.05) is 0 Å². The van der Waals surface area contributed by atoms with Gasteiger partial charge in [-0.05, 0) is 13.0 Å². The average Bonchev–Trinajstić information content (AvgIpc) is 2.11. The van der Waals surface area contributed by atoms with Crippen molar-refractivity contribution in [2.45, 2.75) is 17.1 Å². The van der Waals surface area contributed by atoms with Gasteiger partial charge >= 0.3 is 5.97 Å². The van der Waals surface area contributed by atoms with E-state index in [0.29, 0.717) is 18.5 Å². The van der Waals surface area contributed by atoms with E-state index in [9.17, 15) is 4.79 Å². The maximum absolute atomic E-state index is 10.9. The number of nitrogens with zero attached hydrogens (tertiary/aromatic N) is 1. The maximum Gasteiger partial charge on any atom is 0.338 e. The van der Waals surface area contributed by atoms with Crippen molar-refractivity contribution in [1.29, 1.82) is 0 Å². The van der Waals surface area contributed by atoms with Crippen LogP contribution in [-0.2, 0) is 4.74 Å². The molecule has 0 aromatic carbocycles. The minimum absolute atomic E-state index is 0.275. The number of thioether (sulfide) groups is 1. The van der Waals surface area contributed by atoms with Gasteiger partial charge in [0.05, 0.1) is 24.0 Å². The minimum Gasteiger partial charge on any atom is -0.478 e. The molecule has 4 nitrogen and oxygen atoms in total. The molecule has 15 heavy (non-hydrogen) atoms. The fourth-order valence-corrected chi connectivity index (χ4v) is 2.45. The van der Waals surface area contributed by atoms with Crippen molar-refractivity contribution < 1.29 is 14.6 Å². The highest BCUT2D eigenvalue weighted by Gasteiger charge is 2.22. The monoisotopic (exact) mass is 225 g/mol. The van der Waals surface area contributed by atoms with Crippen LogP contribution < -0.4 is 0 Å². The highest BCUT2D eigenvalue weighted by molar-refractivity contribution is 8.00. The summed E-state index contributed by atoms with van der Waals surface area (Å²) < 4.78 is 5.05. The van der Waals surface area contributed by atoms with Crippen LogP contribution in [0.4, 0.5) is 0 Å². The van der Waals surface area contributed by atoms with Crippen molar-refractivity contribution in [3.05, 3.63) is 23.5 Å². The Hall–Kier alpha value is -1.07. The summed E-state index contributed by atoms with van der Waals surface area (Å²) in [7, 11) is 0. The third-order valence-corrected chi connectivity index (χ3v) is 3.33. The Balaban J connectivity index is 2.24. The topological polar surface area (TPSA) is 59.4 Å². The number of carboxylic acid groups (broad SMARTS) is 1. The van der Waals surface area contributed by atoms with Gasteiger partial charge in [-0.15, -0.1) is 11.8 Å². The largest absolute Gasteiger partial charge is 0.478 e. The molecule has 0 unspecified atom stereocenters. The molecule has 1 N–H and O–H groups in total. The lowest BCUT2D eigenvalue weighted by molar-refractivity contribution is 0.0454. The van der Waals surface area contributed by atoms with Crippen LogP contribution in [-0.4, -0.2) is 34.5 Å². The summed E-state index contributed by atoms with van der Waals surface area (Å²) in [6.07, 6.45) is 1.42. The number of aryl methyl sites for hydroxylation is 1. The van der Waals surface area contributed by atoms with Crippen LogP contribution in [0, 0.1) is 6.92 Å². The smallest absolute Gasteiger partial charge is 0.338 e. The van der Waals surface area contributed by atoms with Crippen molar-refractivity contribution >= 4 is 17.7 Å². The Morgan fingerprint density at radius 3 is 2.93 bits per heavy atom. The minimum atomic E-state index is -0.926. The van der Waals surface area contributed by atoms with E-state index in [1.165, 1.54) is 6.20 Å². The molecule has 1 saturated heterocycles. The Morgan fingerprint density at radius 2 is 2.40 bits per heavy atom. The number of hydrogen-bond acceptors (Lipinski definition) is 4. The van der Waals surface area contributed by atoms with Gasteiger partial charge in [0.15, 0.2) is 0 Å². The number of carboxylic acids is 1. The Labute approximate surface area is 91.7 Å². The molecular formula is C10H11NO3S. The molecule has 0 amide bonds. The van der Waals surface area contributed by atoms with E-state index in [2.05, 4.69) is 4.98 Å². The number of ether oxygens (including phenoxy) is 1. The SMILES string of the molecule is Cc1cc(SC2COC2)c(C(=O)O)cn1. The second-order valence-corrected chi connectivity index (χ2v) is 4.75. The standard InChI is InChI=1S/C10H11NO3S/c1-6-2-9(15-7-4-14-5-7)8(3-11-6)10(12)13/h2-3,7H,4-5H2,1H3,(H,12,13). The summed E-state index contributed by atoms with van der Waals surface area (Å²) in [6, 6.07) is 1.81. The number of aromatic carboxylic acids is 1. The molecule has 0 aliphatic carbocycles. The number of aromatic nitrogens is 1. The van der Waals surface area contributed by atoms with E-state index < -0.39 is 5.97 Å². The first kappa shape index (κ1) is 10.4. The van der Waals surface area contributed by atoms with Crippen molar-refractivity contribution in [2.75, 3.05) is 13.2 Å². The highest BCUT2D eigenvalue weighted by atomic mass is 32.2. The second kappa shape index (κ2) is 4.20. The lowest BCUT2D eigenvalue weighted by atomic mass is 10.2. The van der Waals surface area contributed by atoms with E-state index in [0.717, 1.165) is 10.6 Å². The normalized spacial score (nSPS) is 16.1. The van der Waals surface area contributed by atoms with Gasteiger partial charge in [0.2, 0.25) is 0 Å². The molecule has 1 aromatic heterocycles. The molecule has 0 radical (unpaired) electrons. The molecular weight excluding hydrogens is 214 g/mol. The fraction of sp³-hybridized carbons (Fsp3) is 0.400. The molecule has 0 spiro atoms. The van der Waals surface area contributed by atoms with Crippen LogP contribution in [0.1, 0.15) is 16.1 Å². The number of rotatable bonds is 3. The highest BCUT2D eigenvalue weighted by Crippen LogP contribution is 2.30. The van der Waals surface area contributed by atoms with Crippen molar-refractivity contribution in [3.63, 3.8) is 0 Å². The van der Waals surface area contributed by atoms with Crippen molar-refractivity contribution in [3.8, 4) is 0 Å². The number of hydrogen-bond donors (Lipinski definition) is 1. The average molecular weight is 225 g/mol. The van der Waals surface area contributed by atoms with E-state index in [4.69, 9.17) is 9.84 Å². The number of carbonyl (C=O) groups is 1. The van der Waals surface area contributed by atoms with E-state index in [-0.39, 0.29) is 5.56 Å². The van der Waals surface area contributed by atoms with Gasteiger partial charge < -0.3 is 9.84 Å². The molecule has 0 bridgehead atoms. The predicted octanol–water partition coefficient (Wildman–Crippen LogP) is 1.58. The van der Waals surface area contributed by atoms with Crippen LogP contribution in [0.3, 0.4) is 0 Å². The zero-order valence-corrected chi connectivity index (χ0v) is 9.08. The summed E-state index contributed by atoms with van der Waals surface area (Å²) in [5.74, 6) is -0.926. The third kappa shape index (κ3) is 2.30. The molecule has 1 fully saturated rings. The summed E-state index contributed by atoms with van der Waals surface area (Å²) in [5.41, 5.74) is 1.11. The fourth-order valence-electron chi connectivity index (χ4n) is 1.25. The quantitative estimate of drug-likeness (QED) is 0.846. The van der Waals surface area contributed by atoms with Crippen molar-refractivity contribution in [2.24, 2.45) is 0 Å². The molecule has 0 saturated carbocycles. The molecule has 80 valence electrons. The van der Waals surface area contributed by atoms with Crippen LogP contribution in [0.25, 0.3) is 0 Å². The summed E-state index contributed by atoms with van der Waals surface area (Å²) in [6.45, 7) is 3.25. The first-order valence-corrected chi connectivity index (χ1v) is 5.49. The summed E-state index contributed by atoms with van der Waals surface area (Å²) in [4.78, 5) is 15.7. The molecule has 1 aliphatic heterocycles. The van der Waals surface area contributed by atoms with Crippen LogP contribution in [0.5, 0.6) is 0 Å². The Bertz CT molecular complexity index is 390. The second-order valence-electron chi connectivity index (χ2n) is 3.40. The van der Waals surface area contributed by atoms with E-state index in [1.54, 1.807) is 11.8 Å². The van der Waals surface area contributed by atoms with Gasteiger partial charge in [-0.2, -0.15) is 0 Å². The molecule has 2 heterocycles. The first-order chi connectivity index (χ1) is 7.16. The lowest BCUT2D eigenvalue weighted by Gasteiger charge is -2.25. The van der Waals surface area contributed by atoms with Gasteiger partial charge in [-0.3, -0.25) is 4.98 Å². The van der Waals surface area contributed by atoms with Crippen LogP contribution >= 0.6 is 11.8 Å². The molecule has 2 rings (SSSR count). The van der Waals surface area contributed by atoms with Crippen LogP contribution in [0.2, 0.25) is 0 Å². The maximum atomic E-state index is 10.9. The van der Waals surface area contributed by atoms with Crippen LogP contribution in [0.15, 0.2) is 17.2 Å². The first-order valence-electron chi connectivity index (χ1n) is 4.61.